The second-order valence-electron chi connectivity index (χ2n) is 5.67. The highest BCUT2D eigenvalue weighted by molar-refractivity contribution is 7.90. The van der Waals surface area contributed by atoms with Crippen LogP contribution in [0.1, 0.15) is 19.8 Å². The van der Waals surface area contributed by atoms with Crippen LogP contribution in [0.25, 0.3) is 0 Å². The quantitative estimate of drug-likeness (QED) is 0.922. The van der Waals surface area contributed by atoms with E-state index in [2.05, 4.69) is 17.1 Å². The number of benzene rings is 1. The second kappa shape index (κ2) is 6.14. The molecule has 1 aliphatic heterocycles. The van der Waals surface area contributed by atoms with E-state index >= 15 is 0 Å². The molecule has 0 radical (unpaired) electrons. The van der Waals surface area contributed by atoms with Crippen molar-refractivity contribution >= 4 is 15.5 Å². The van der Waals surface area contributed by atoms with E-state index < -0.39 is 9.84 Å². The number of sulfone groups is 1. The van der Waals surface area contributed by atoms with Gasteiger partial charge in [0.25, 0.3) is 0 Å². The van der Waals surface area contributed by atoms with Crippen LogP contribution in [0.15, 0.2) is 29.2 Å². The van der Waals surface area contributed by atoms with E-state index in [0.29, 0.717) is 10.9 Å². The molecule has 2 rings (SSSR count). The Labute approximate surface area is 122 Å². The summed E-state index contributed by atoms with van der Waals surface area (Å²) in [5.41, 5.74) is 1.12. The maximum absolute atomic E-state index is 11.5. The molecule has 1 saturated heterocycles. The molecule has 0 aliphatic carbocycles. The number of nitrogens with zero attached hydrogens (tertiary/aromatic N) is 1. The summed E-state index contributed by atoms with van der Waals surface area (Å²) in [6, 6.07) is 7.79. The fourth-order valence-corrected chi connectivity index (χ4v) is 3.43. The van der Waals surface area contributed by atoms with Gasteiger partial charge in [-0.25, -0.2) is 8.42 Å². The standard InChI is InChI=1S/C15H24N2O2S/c1-12(16-2)13-8-10-17(11-9-13)14-4-6-15(7-5-14)20(3,18)19/h4-7,12-13,16H,8-11H2,1-3H3. The van der Waals surface area contributed by atoms with Gasteiger partial charge in [0.1, 0.15) is 0 Å². The SMILES string of the molecule is CNC(C)C1CCN(c2ccc(S(C)(=O)=O)cc2)CC1. The van der Waals surface area contributed by atoms with Crippen LogP contribution in [0.2, 0.25) is 0 Å². The maximum Gasteiger partial charge on any atom is 0.175 e. The Kier molecular flexibility index (Phi) is 4.70. The Balaban J connectivity index is 2.01. The average molecular weight is 296 g/mol. The van der Waals surface area contributed by atoms with E-state index in [9.17, 15) is 8.42 Å². The first kappa shape index (κ1) is 15.3. The van der Waals surface area contributed by atoms with Gasteiger partial charge in [-0.05, 0) is 57.0 Å². The highest BCUT2D eigenvalue weighted by Crippen LogP contribution is 2.26. The number of hydrogen-bond acceptors (Lipinski definition) is 4. The Morgan fingerprint density at radius 2 is 1.75 bits per heavy atom. The van der Waals surface area contributed by atoms with Crippen molar-refractivity contribution in [3.63, 3.8) is 0 Å². The fraction of sp³-hybridized carbons (Fsp3) is 0.600. The van der Waals surface area contributed by atoms with E-state index in [1.807, 2.05) is 19.2 Å². The number of piperidine rings is 1. The molecule has 1 atom stereocenters. The van der Waals surface area contributed by atoms with Crippen LogP contribution >= 0.6 is 0 Å². The number of rotatable bonds is 4. The van der Waals surface area contributed by atoms with Crippen LogP contribution in [-0.4, -0.2) is 40.9 Å². The number of anilines is 1. The molecule has 1 unspecified atom stereocenters. The molecule has 5 heteroatoms. The molecule has 1 N–H and O–H groups in total. The smallest absolute Gasteiger partial charge is 0.175 e. The third kappa shape index (κ3) is 3.52. The zero-order chi connectivity index (χ0) is 14.8. The topological polar surface area (TPSA) is 49.4 Å². The lowest BCUT2D eigenvalue weighted by atomic mass is 9.90. The average Bonchev–Trinajstić information content (AvgIpc) is 2.46. The lowest BCUT2D eigenvalue weighted by molar-refractivity contribution is 0.323. The number of nitrogens with one attached hydrogen (secondary N) is 1. The summed E-state index contributed by atoms with van der Waals surface area (Å²) >= 11 is 0. The highest BCUT2D eigenvalue weighted by atomic mass is 32.2. The molecule has 1 aromatic carbocycles. The van der Waals surface area contributed by atoms with Gasteiger partial charge in [-0.3, -0.25) is 0 Å². The van der Waals surface area contributed by atoms with E-state index in [-0.39, 0.29) is 0 Å². The third-order valence-electron chi connectivity index (χ3n) is 4.33. The van der Waals surface area contributed by atoms with Crippen molar-refractivity contribution in [3.8, 4) is 0 Å². The largest absolute Gasteiger partial charge is 0.372 e. The molecule has 0 bridgehead atoms. The first-order chi connectivity index (χ1) is 9.41. The van der Waals surface area contributed by atoms with Crippen LogP contribution in [0.4, 0.5) is 5.69 Å². The Bertz CT molecular complexity index is 531. The molecule has 4 nitrogen and oxygen atoms in total. The minimum atomic E-state index is -3.10. The van der Waals surface area contributed by atoms with Gasteiger partial charge in [-0.2, -0.15) is 0 Å². The predicted octanol–water partition coefficient (Wildman–Crippen LogP) is 1.91. The van der Waals surface area contributed by atoms with Gasteiger partial charge in [0.2, 0.25) is 0 Å². The fourth-order valence-electron chi connectivity index (χ4n) is 2.80. The monoisotopic (exact) mass is 296 g/mol. The van der Waals surface area contributed by atoms with Gasteiger partial charge in [0.15, 0.2) is 9.84 Å². The van der Waals surface area contributed by atoms with E-state index in [0.717, 1.165) is 24.7 Å². The van der Waals surface area contributed by atoms with Crippen molar-refractivity contribution in [1.29, 1.82) is 0 Å². The van der Waals surface area contributed by atoms with Crippen LogP contribution in [0, 0.1) is 5.92 Å². The van der Waals surface area contributed by atoms with Crippen molar-refractivity contribution in [3.05, 3.63) is 24.3 Å². The summed E-state index contributed by atoms with van der Waals surface area (Å²) in [7, 11) is -1.09. The van der Waals surface area contributed by atoms with Gasteiger partial charge in [0.05, 0.1) is 4.90 Å². The van der Waals surface area contributed by atoms with Crippen molar-refractivity contribution in [2.45, 2.75) is 30.7 Å². The Morgan fingerprint density at radius 1 is 1.20 bits per heavy atom. The summed E-state index contributed by atoms with van der Waals surface area (Å²) < 4.78 is 22.9. The lowest BCUT2D eigenvalue weighted by Gasteiger charge is -2.36. The summed E-state index contributed by atoms with van der Waals surface area (Å²) in [6.07, 6.45) is 3.60. The molecule has 1 aliphatic rings. The first-order valence-electron chi connectivity index (χ1n) is 7.14. The van der Waals surface area contributed by atoms with Crippen molar-refractivity contribution in [2.24, 2.45) is 5.92 Å². The summed E-state index contributed by atoms with van der Waals surface area (Å²) in [4.78, 5) is 2.73. The third-order valence-corrected chi connectivity index (χ3v) is 5.46. The van der Waals surface area contributed by atoms with Gasteiger partial charge in [-0.15, -0.1) is 0 Å². The minimum Gasteiger partial charge on any atom is -0.372 e. The molecular weight excluding hydrogens is 272 g/mol. The van der Waals surface area contributed by atoms with Crippen LogP contribution in [-0.2, 0) is 9.84 Å². The molecule has 1 aromatic rings. The van der Waals surface area contributed by atoms with E-state index in [1.165, 1.54) is 19.1 Å². The molecule has 0 aromatic heterocycles. The first-order valence-corrected chi connectivity index (χ1v) is 9.03. The second-order valence-corrected chi connectivity index (χ2v) is 7.68. The maximum atomic E-state index is 11.5. The van der Waals surface area contributed by atoms with Gasteiger partial charge in [0, 0.05) is 31.1 Å². The highest BCUT2D eigenvalue weighted by Gasteiger charge is 2.23. The lowest BCUT2D eigenvalue weighted by Crippen LogP contribution is -2.40. The van der Waals surface area contributed by atoms with Crippen molar-refractivity contribution in [2.75, 3.05) is 31.3 Å². The summed E-state index contributed by atoms with van der Waals surface area (Å²) in [5.74, 6) is 0.728. The zero-order valence-corrected chi connectivity index (χ0v) is 13.3. The Morgan fingerprint density at radius 3 is 2.20 bits per heavy atom. The Hall–Kier alpha value is -1.07. The molecule has 0 saturated carbocycles. The molecule has 112 valence electrons. The zero-order valence-electron chi connectivity index (χ0n) is 12.5. The molecule has 1 fully saturated rings. The van der Waals surface area contributed by atoms with Crippen LogP contribution < -0.4 is 10.2 Å². The molecule has 0 spiro atoms. The normalized spacial score (nSPS) is 19.1. The molecule has 20 heavy (non-hydrogen) atoms. The van der Waals surface area contributed by atoms with Crippen LogP contribution in [0.5, 0.6) is 0 Å². The predicted molar refractivity (Wildman–Crippen MR) is 83.0 cm³/mol. The summed E-state index contributed by atoms with van der Waals surface area (Å²) in [5, 5.41) is 3.33. The summed E-state index contributed by atoms with van der Waals surface area (Å²) in [6.45, 7) is 4.31. The van der Waals surface area contributed by atoms with Crippen LogP contribution in [0.3, 0.4) is 0 Å². The molecule has 0 amide bonds. The van der Waals surface area contributed by atoms with Crippen molar-refractivity contribution in [1.82, 2.24) is 5.32 Å². The number of hydrogen-bond donors (Lipinski definition) is 1. The molecular formula is C15H24N2O2S. The van der Waals surface area contributed by atoms with Gasteiger partial charge < -0.3 is 10.2 Å². The van der Waals surface area contributed by atoms with Crippen molar-refractivity contribution < 1.29 is 8.42 Å². The van der Waals surface area contributed by atoms with Gasteiger partial charge >= 0.3 is 0 Å². The minimum absolute atomic E-state index is 0.389. The van der Waals surface area contributed by atoms with E-state index in [1.54, 1.807) is 12.1 Å². The van der Waals surface area contributed by atoms with E-state index in [4.69, 9.17) is 0 Å². The van der Waals surface area contributed by atoms with Gasteiger partial charge in [-0.1, -0.05) is 0 Å². The molecule has 1 heterocycles.